The highest BCUT2D eigenvalue weighted by molar-refractivity contribution is 6.31. The molecule has 0 N–H and O–H groups in total. The third-order valence-electron chi connectivity index (χ3n) is 3.43. The Balaban J connectivity index is 2.06. The fraction of sp³-hybridized carbons (Fsp3) is 0.200. The fourth-order valence-electron chi connectivity index (χ4n) is 2.44. The van der Waals surface area contributed by atoms with Gasteiger partial charge in [-0.25, -0.2) is 4.98 Å². The lowest BCUT2D eigenvalue weighted by molar-refractivity contribution is -0.385. The van der Waals surface area contributed by atoms with E-state index in [9.17, 15) is 14.9 Å². The van der Waals surface area contributed by atoms with Crippen molar-refractivity contribution in [1.29, 1.82) is 0 Å². The van der Waals surface area contributed by atoms with Gasteiger partial charge in [-0.2, -0.15) is 0 Å². The van der Waals surface area contributed by atoms with Crippen LogP contribution in [0.25, 0.3) is 0 Å². The minimum Gasteiger partial charge on any atom is -0.471 e. The molecule has 0 spiro atoms. The van der Waals surface area contributed by atoms with Crippen molar-refractivity contribution in [2.45, 2.75) is 13.0 Å². The molecule has 3 rings (SSSR count). The van der Waals surface area contributed by atoms with E-state index in [2.05, 4.69) is 4.98 Å². The smallest absolute Gasteiger partial charge is 0.283 e. The summed E-state index contributed by atoms with van der Waals surface area (Å²) in [5.74, 6) is -0.158. The number of carbonyl (C=O) groups excluding carboxylic acids is 1. The van der Waals surface area contributed by atoms with E-state index in [1.165, 1.54) is 23.1 Å². The molecule has 2 heterocycles. The maximum atomic E-state index is 12.8. The van der Waals surface area contributed by atoms with Crippen LogP contribution < -0.4 is 9.64 Å². The summed E-state index contributed by atoms with van der Waals surface area (Å²) in [5.41, 5.74) is 0.134. The van der Waals surface area contributed by atoms with Crippen LogP contribution in [0, 0.1) is 10.1 Å². The molecule has 8 heteroatoms. The van der Waals surface area contributed by atoms with Crippen LogP contribution in [-0.2, 0) is 0 Å². The van der Waals surface area contributed by atoms with E-state index >= 15 is 0 Å². The van der Waals surface area contributed by atoms with Crippen LogP contribution in [0.1, 0.15) is 17.3 Å². The Morgan fingerprint density at radius 1 is 1.48 bits per heavy atom. The number of benzene rings is 1. The quantitative estimate of drug-likeness (QED) is 0.622. The lowest BCUT2D eigenvalue weighted by Crippen LogP contribution is -2.42. The Morgan fingerprint density at radius 2 is 2.26 bits per heavy atom. The number of hydrogen-bond acceptors (Lipinski definition) is 5. The van der Waals surface area contributed by atoms with Gasteiger partial charge in [0.15, 0.2) is 0 Å². The summed E-state index contributed by atoms with van der Waals surface area (Å²) < 4.78 is 5.58. The number of nitrogens with zero attached hydrogens (tertiary/aromatic N) is 3. The van der Waals surface area contributed by atoms with Gasteiger partial charge in [0, 0.05) is 17.3 Å². The Hall–Kier alpha value is -2.67. The molecule has 7 nitrogen and oxygen atoms in total. The molecule has 0 fully saturated rings. The number of nitro groups is 1. The zero-order valence-electron chi connectivity index (χ0n) is 12.1. The average molecular weight is 334 g/mol. The van der Waals surface area contributed by atoms with Crippen molar-refractivity contribution in [1.82, 2.24) is 4.98 Å². The van der Waals surface area contributed by atoms with Gasteiger partial charge in [-0.1, -0.05) is 11.6 Å². The summed E-state index contributed by atoms with van der Waals surface area (Å²) in [5, 5.41) is 11.4. The number of amides is 1. The van der Waals surface area contributed by atoms with Crippen LogP contribution in [-0.4, -0.2) is 28.5 Å². The number of nitro benzene ring substituents is 1. The van der Waals surface area contributed by atoms with Crippen LogP contribution >= 0.6 is 11.6 Å². The van der Waals surface area contributed by atoms with E-state index in [0.717, 1.165) is 0 Å². The van der Waals surface area contributed by atoms with Crippen LogP contribution in [0.15, 0.2) is 36.5 Å². The first kappa shape index (κ1) is 15.2. The molecule has 118 valence electrons. The molecule has 1 aromatic heterocycles. The summed E-state index contributed by atoms with van der Waals surface area (Å²) in [4.78, 5) is 29.0. The third-order valence-corrected chi connectivity index (χ3v) is 3.66. The number of rotatable bonds is 2. The molecular weight excluding hydrogens is 322 g/mol. The molecule has 0 unspecified atom stereocenters. The molecule has 0 saturated heterocycles. The Morgan fingerprint density at radius 3 is 3.00 bits per heavy atom. The van der Waals surface area contributed by atoms with Gasteiger partial charge in [0.25, 0.3) is 11.6 Å². The summed E-state index contributed by atoms with van der Waals surface area (Å²) in [6.07, 6.45) is 1.29. The van der Waals surface area contributed by atoms with Gasteiger partial charge in [-0.3, -0.25) is 19.8 Å². The highest BCUT2D eigenvalue weighted by Gasteiger charge is 2.32. The Bertz CT molecular complexity index is 796. The van der Waals surface area contributed by atoms with E-state index in [1.807, 2.05) is 0 Å². The predicted molar refractivity (Wildman–Crippen MR) is 84.1 cm³/mol. The van der Waals surface area contributed by atoms with Crippen molar-refractivity contribution in [2.24, 2.45) is 0 Å². The number of hydrogen-bond donors (Lipinski definition) is 0. The van der Waals surface area contributed by atoms with Crippen LogP contribution in [0.3, 0.4) is 0 Å². The molecule has 1 atom stereocenters. The second-order valence-corrected chi connectivity index (χ2v) is 5.53. The molecule has 23 heavy (non-hydrogen) atoms. The summed E-state index contributed by atoms with van der Waals surface area (Å²) >= 11 is 5.80. The Labute approximate surface area is 136 Å². The molecule has 1 aromatic carbocycles. The van der Waals surface area contributed by atoms with Gasteiger partial charge in [0.2, 0.25) is 5.88 Å². The van der Waals surface area contributed by atoms with E-state index in [-0.39, 0.29) is 28.9 Å². The molecule has 1 aliphatic rings. The lowest BCUT2D eigenvalue weighted by atomic mass is 10.1. The molecule has 0 radical (unpaired) electrons. The van der Waals surface area contributed by atoms with Crippen molar-refractivity contribution in [3.05, 3.63) is 57.2 Å². The van der Waals surface area contributed by atoms with Gasteiger partial charge < -0.3 is 4.74 Å². The SMILES string of the molecule is C[C@@H]1CN(C(=O)c2ccc(Cl)cc2[N+](=O)[O-])c2cccnc2O1. The van der Waals surface area contributed by atoms with Gasteiger partial charge in [0.05, 0.1) is 11.5 Å². The predicted octanol–water partition coefficient (Wildman–Crippen LogP) is 3.07. The van der Waals surface area contributed by atoms with E-state index < -0.39 is 10.8 Å². The molecule has 1 amide bonds. The van der Waals surface area contributed by atoms with Crippen molar-refractivity contribution < 1.29 is 14.5 Å². The first-order valence-electron chi connectivity index (χ1n) is 6.85. The second-order valence-electron chi connectivity index (χ2n) is 5.09. The standard InChI is InChI=1S/C15H12ClN3O4/c1-9-8-18(12-3-2-6-17-14(12)23-9)15(20)11-5-4-10(16)7-13(11)19(21)22/h2-7,9H,8H2,1H3/t9-/m1/s1. The van der Waals surface area contributed by atoms with E-state index in [0.29, 0.717) is 11.6 Å². The minimum atomic E-state index is -0.618. The van der Waals surface area contributed by atoms with E-state index in [4.69, 9.17) is 16.3 Å². The van der Waals surface area contributed by atoms with Gasteiger partial charge in [-0.15, -0.1) is 0 Å². The van der Waals surface area contributed by atoms with Gasteiger partial charge in [0.1, 0.15) is 17.4 Å². The normalized spacial score (nSPS) is 16.4. The zero-order chi connectivity index (χ0) is 16.6. The number of fused-ring (bicyclic) bond motifs is 1. The molecule has 2 aromatic rings. The summed E-state index contributed by atoms with van der Waals surface area (Å²) in [7, 11) is 0. The fourth-order valence-corrected chi connectivity index (χ4v) is 2.60. The maximum absolute atomic E-state index is 12.8. The highest BCUT2D eigenvalue weighted by Crippen LogP contribution is 2.33. The van der Waals surface area contributed by atoms with Crippen molar-refractivity contribution >= 4 is 28.9 Å². The minimum absolute atomic E-state index is 0.0247. The molecular formula is C15H12ClN3O4. The van der Waals surface area contributed by atoms with Crippen molar-refractivity contribution in [3.8, 4) is 5.88 Å². The monoisotopic (exact) mass is 333 g/mol. The van der Waals surface area contributed by atoms with Gasteiger partial charge in [-0.05, 0) is 31.2 Å². The lowest BCUT2D eigenvalue weighted by Gasteiger charge is -2.32. The van der Waals surface area contributed by atoms with Crippen molar-refractivity contribution in [2.75, 3.05) is 11.4 Å². The molecule has 0 aliphatic carbocycles. The third kappa shape index (κ3) is 2.83. The summed E-state index contributed by atoms with van der Waals surface area (Å²) in [6, 6.07) is 7.35. The number of anilines is 1. The maximum Gasteiger partial charge on any atom is 0.283 e. The molecule has 0 bridgehead atoms. The van der Waals surface area contributed by atoms with Crippen molar-refractivity contribution in [3.63, 3.8) is 0 Å². The van der Waals surface area contributed by atoms with E-state index in [1.54, 1.807) is 25.3 Å². The van der Waals surface area contributed by atoms with Gasteiger partial charge >= 0.3 is 0 Å². The number of pyridine rings is 1. The van der Waals surface area contributed by atoms with Crippen LogP contribution in [0.2, 0.25) is 5.02 Å². The molecule has 1 aliphatic heterocycles. The first-order valence-corrected chi connectivity index (χ1v) is 7.22. The largest absolute Gasteiger partial charge is 0.471 e. The second kappa shape index (κ2) is 5.85. The zero-order valence-corrected chi connectivity index (χ0v) is 12.9. The number of carbonyl (C=O) groups is 1. The van der Waals surface area contributed by atoms with Crippen LogP contribution in [0.5, 0.6) is 5.88 Å². The number of aromatic nitrogens is 1. The van der Waals surface area contributed by atoms with Crippen LogP contribution in [0.4, 0.5) is 11.4 Å². The number of ether oxygens (including phenoxy) is 1. The molecule has 0 saturated carbocycles. The first-order chi connectivity index (χ1) is 11.0. The summed E-state index contributed by atoms with van der Waals surface area (Å²) in [6.45, 7) is 2.07. The topological polar surface area (TPSA) is 85.6 Å². The average Bonchev–Trinajstić information content (AvgIpc) is 2.53. The highest BCUT2D eigenvalue weighted by atomic mass is 35.5. The Kier molecular flexibility index (Phi) is 3.87. The number of halogens is 1.